The van der Waals surface area contributed by atoms with Crippen LogP contribution in [0.3, 0.4) is 0 Å². The predicted molar refractivity (Wildman–Crippen MR) is 87.3 cm³/mol. The molecule has 0 amide bonds. The lowest BCUT2D eigenvalue weighted by atomic mass is 9.78. The van der Waals surface area contributed by atoms with Gasteiger partial charge in [-0.2, -0.15) is 0 Å². The molecule has 1 unspecified atom stereocenters. The molecule has 2 nitrogen and oxygen atoms in total. The molecule has 1 aliphatic heterocycles. The molecule has 1 saturated heterocycles. The van der Waals surface area contributed by atoms with Crippen molar-refractivity contribution in [2.24, 2.45) is 5.92 Å². The lowest BCUT2D eigenvalue weighted by Crippen LogP contribution is -2.47. The van der Waals surface area contributed by atoms with Crippen molar-refractivity contribution in [2.75, 3.05) is 13.1 Å². The molecule has 1 heterocycles. The van der Waals surface area contributed by atoms with Gasteiger partial charge in [0.1, 0.15) is 0 Å². The van der Waals surface area contributed by atoms with Crippen LogP contribution in [-0.2, 0) is 0 Å². The lowest BCUT2D eigenvalue weighted by molar-refractivity contribution is 0.0455. The molecule has 116 valence electrons. The first-order valence-corrected chi connectivity index (χ1v) is 8.73. The smallest absolute Gasteiger partial charge is 0.0804 e. The molecule has 2 fully saturated rings. The molecule has 1 aromatic carbocycles. The fourth-order valence-corrected chi connectivity index (χ4v) is 4.41. The van der Waals surface area contributed by atoms with Crippen molar-refractivity contribution in [3.05, 3.63) is 35.4 Å². The highest BCUT2D eigenvalue weighted by atomic mass is 16.3. The Kier molecular flexibility index (Phi) is 4.97. The van der Waals surface area contributed by atoms with Crippen LogP contribution in [0.2, 0.25) is 0 Å². The Labute approximate surface area is 129 Å². The van der Waals surface area contributed by atoms with E-state index in [2.05, 4.69) is 24.0 Å². The summed E-state index contributed by atoms with van der Waals surface area (Å²) in [4.78, 5) is 2.68. The van der Waals surface area contributed by atoms with Crippen molar-refractivity contribution in [2.45, 2.75) is 64.0 Å². The van der Waals surface area contributed by atoms with Gasteiger partial charge in [-0.05, 0) is 62.6 Å². The average Bonchev–Trinajstić information content (AvgIpc) is 2.53. The van der Waals surface area contributed by atoms with Crippen molar-refractivity contribution in [3.63, 3.8) is 0 Å². The number of aliphatic hydroxyl groups excluding tert-OH is 1. The van der Waals surface area contributed by atoms with E-state index >= 15 is 0 Å². The van der Waals surface area contributed by atoms with Crippen LogP contribution in [0.4, 0.5) is 0 Å². The first-order valence-electron chi connectivity index (χ1n) is 8.73. The third kappa shape index (κ3) is 3.49. The molecule has 3 atom stereocenters. The first kappa shape index (κ1) is 15.1. The third-order valence-corrected chi connectivity index (χ3v) is 5.60. The van der Waals surface area contributed by atoms with Gasteiger partial charge >= 0.3 is 0 Å². The highest BCUT2D eigenvalue weighted by Crippen LogP contribution is 2.35. The van der Waals surface area contributed by atoms with Gasteiger partial charge in [-0.25, -0.2) is 0 Å². The Morgan fingerprint density at radius 3 is 2.76 bits per heavy atom. The standard InChI is InChI=1S/C19H29NO/c1-15-7-2-4-10-17(15)19(21)12-14-20-13-6-9-16-8-3-5-11-18(16)20/h2,4,7,10,16,18-19,21H,3,5-6,8-9,11-14H2,1H3/t16-,18-,19?/m1/s1. The van der Waals surface area contributed by atoms with Crippen LogP contribution in [0.1, 0.15) is 62.2 Å². The highest BCUT2D eigenvalue weighted by molar-refractivity contribution is 5.27. The number of hydrogen-bond donors (Lipinski definition) is 1. The van der Waals surface area contributed by atoms with Crippen LogP contribution in [0.25, 0.3) is 0 Å². The molecular formula is C19H29NO. The maximum absolute atomic E-state index is 10.5. The number of likely N-dealkylation sites (tertiary alicyclic amines) is 1. The average molecular weight is 287 g/mol. The van der Waals surface area contributed by atoms with Crippen molar-refractivity contribution in [3.8, 4) is 0 Å². The summed E-state index contributed by atoms with van der Waals surface area (Å²) in [6.07, 6.45) is 8.98. The van der Waals surface area contributed by atoms with E-state index in [-0.39, 0.29) is 6.10 Å². The van der Waals surface area contributed by atoms with E-state index in [0.717, 1.165) is 30.5 Å². The Hall–Kier alpha value is -0.860. The molecule has 1 aliphatic carbocycles. The van der Waals surface area contributed by atoms with Crippen LogP contribution in [-0.4, -0.2) is 29.1 Å². The molecule has 0 spiro atoms. The minimum atomic E-state index is -0.310. The van der Waals surface area contributed by atoms with Gasteiger partial charge in [0.25, 0.3) is 0 Å². The van der Waals surface area contributed by atoms with Crippen LogP contribution in [0.15, 0.2) is 24.3 Å². The van der Waals surface area contributed by atoms with E-state index in [1.165, 1.54) is 50.6 Å². The van der Waals surface area contributed by atoms with Crippen LogP contribution >= 0.6 is 0 Å². The van der Waals surface area contributed by atoms with Crippen molar-refractivity contribution >= 4 is 0 Å². The second-order valence-electron chi connectivity index (χ2n) is 6.95. The minimum Gasteiger partial charge on any atom is -0.388 e. The van der Waals surface area contributed by atoms with Crippen molar-refractivity contribution < 1.29 is 5.11 Å². The Bertz CT molecular complexity index is 457. The molecule has 3 rings (SSSR count). The first-order chi connectivity index (χ1) is 10.3. The third-order valence-electron chi connectivity index (χ3n) is 5.60. The molecule has 1 aromatic rings. The van der Waals surface area contributed by atoms with Gasteiger partial charge in [0.2, 0.25) is 0 Å². The normalized spacial score (nSPS) is 28.1. The summed E-state index contributed by atoms with van der Waals surface area (Å²) in [5.41, 5.74) is 2.31. The molecule has 21 heavy (non-hydrogen) atoms. The van der Waals surface area contributed by atoms with Crippen LogP contribution < -0.4 is 0 Å². The molecule has 0 bridgehead atoms. The summed E-state index contributed by atoms with van der Waals surface area (Å²) in [6, 6.07) is 9.04. The zero-order valence-corrected chi connectivity index (χ0v) is 13.3. The summed E-state index contributed by atoms with van der Waals surface area (Å²) in [6.45, 7) is 4.38. The Balaban J connectivity index is 1.58. The maximum Gasteiger partial charge on any atom is 0.0804 e. The van der Waals surface area contributed by atoms with Crippen molar-refractivity contribution in [1.29, 1.82) is 0 Å². The maximum atomic E-state index is 10.5. The number of piperidine rings is 1. The fraction of sp³-hybridized carbons (Fsp3) is 0.684. The van der Waals surface area contributed by atoms with E-state index in [1.807, 2.05) is 12.1 Å². The SMILES string of the molecule is Cc1ccccc1C(O)CCN1CCC[C@H]2CCCC[C@H]21. The second kappa shape index (κ2) is 6.93. The number of aryl methyl sites for hydroxylation is 1. The van der Waals surface area contributed by atoms with Gasteiger partial charge < -0.3 is 10.0 Å². The predicted octanol–water partition coefficient (Wildman–Crippen LogP) is 4.07. The summed E-state index contributed by atoms with van der Waals surface area (Å²) < 4.78 is 0. The van der Waals surface area contributed by atoms with E-state index in [1.54, 1.807) is 0 Å². The van der Waals surface area contributed by atoms with Crippen LogP contribution in [0.5, 0.6) is 0 Å². The van der Waals surface area contributed by atoms with E-state index in [9.17, 15) is 5.11 Å². The molecule has 1 saturated carbocycles. The lowest BCUT2D eigenvalue weighted by Gasteiger charge is -2.44. The number of fused-ring (bicyclic) bond motifs is 1. The number of hydrogen-bond acceptors (Lipinski definition) is 2. The Morgan fingerprint density at radius 2 is 1.90 bits per heavy atom. The number of rotatable bonds is 4. The van der Waals surface area contributed by atoms with E-state index in [4.69, 9.17) is 0 Å². The number of benzene rings is 1. The number of nitrogens with zero attached hydrogens (tertiary/aromatic N) is 1. The summed E-state index contributed by atoms with van der Waals surface area (Å²) in [7, 11) is 0. The van der Waals surface area contributed by atoms with Gasteiger partial charge in [-0.1, -0.05) is 37.1 Å². The summed E-state index contributed by atoms with van der Waals surface area (Å²) in [5.74, 6) is 0.933. The van der Waals surface area contributed by atoms with Crippen LogP contribution in [0, 0.1) is 12.8 Å². The summed E-state index contributed by atoms with van der Waals surface area (Å²) in [5, 5.41) is 10.5. The minimum absolute atomic E-state index is 0.310. The van der Waals surface area contributed by atoms with Gasteiger partial charge in [0.15, 0.2) is 0 Å². The molecule has 0 radical (unpaired) electrons. The van der Waals surface area contributed by atoms with E-state index < -0.39 is 0 Å². The molecule has 2 aliphatic rings. The molecule has 0 aromatic heterocycles. The zero-order valence-electron chi connectivity index (χ0n) is 13.3. The fourth-order valence-electron chi connectivity index (χ4n) is 4.41. The van der Waals surface area contributed by atoms with Crippen molar-refractivity contribution in [1.82, 2.24) is 4.90 Å². The second-order valence-corrected chi connectivity index (χ2v) is 6.95. The van der Waals surface area contributed by atoms with Gasteiger partial charge in [-0.3, -0.25) is 0 Å². The quantitative estimate of drug-likeness (QED) is 0.902. The molecular weight excluding hydrogens is 258 g/mol. The zero-order chi connectivity index (χ0) is 14.7. The van der Waals surface area contributed by atoms with Gasteiger partial charge in [0.05, 0.1) is 6.10 Å². The molecule has 1 N–H and O–H groups in total. The topological polar surface area (TPSA) is 23.5 Å². The number of aliphatic hydroxyl groups is 1. The highest BCUT2D eigenvalue weighted by Gasteiger charge is 2.33. The van der Waals surface area contributed by atoms with E-state index in [0.29, 0.717) is 0 Å². The Morgan fingerprint density at radius 1 is 1.14 bits per heavy atom. The van der Waals surface area contributed by atoms with Gasteiger partial charge in [-0.15, -0.1) is 0 Å². The largest absolute Gasteiger partial charge is 0.388 e. The molecule has 2 heteroatoms. The van der Waals surface area contributed by atoms with Gasteiger partial charge in [0, 0.05) is 12.6 Å². The summed E-state index contributed by atoms with van der Waals surface area (Å²) >= 11 is 0. The monoisotopic (exact) mass is 287 g/mol.